The zero-order chi connectivity index (χ0) is 17.8. The molecular formula is C17H14Cl2N4OS. The standard InChI is InChI=1S/C17H14Cl2N4OS/c1-2-23(14(24)8-11-5-6-13(18)21-9-11)17-15(19)22-16(25-17)12-4-3-7-20-10-12/h3-7,9-10H,2,8H2,1H3. The summed E-state index contributed by atoms with van der Waals surface area (Å²) in [4.78, 5) is 26.8. The first-order valence-corrected chi connectivity index (χ1v) is 9.13. The molecule has 0 radical (unpaired) electrons. The number of hydrogen-bond donors (Lipinski definition) is 0. The van der Waals surface area contributed by atoms with E-state index in [0.717, 1.165) is 16.1 Å². The molecule has 3 heterocycles. The molecule has 3 rings (SSSR count). The molecule has 3 aromatic heterocycles. The number of carbonyl (C=O) groups is 1. The minimum absolute atomic E-state index is 0.0742. The fourth-order valence-electron chi connectivity index (χ4n) is 2.29. The van der Waals surface area contributed by atoms with Gasteiger partial charge in [-0.1, -0.05) is 40.6 Å². The molecule has 0 unspecified atom stereocenters. The normalized spacial score (nSPS) is 10.7. The summed E-state index contributed by atoms with van der Waals surface area (Å²) in [5.74, 6) is -0.0742. The van der Waals surface area contributed by atoms with E-state index in [2.05, 4.69) is 15.0 Å². The molecule has 0 aliphatic heterocycles. The van der Waals surface area contributed by atoms with E-state index in [9.17, 15) is 4.79 Å². The van der Waals surface area contributed by atoms with Gasteiger partial charge in [0.15, 0.2) is 5.15 Å². The number of hydrogen-bond acceptors (Lipinski definition) is 5. The van der Waals surface area contributed by atoms with Gasteiger partial charge < -0.3 is 4.90 Å². The Morgan fingerprint density at radius 1 is 1.24 bits per heavy atom. The van der Waals surface area contributed by atoms with Gasteiger partial charge in [0.1, 0.15) is 15.2 Å². The third-order valence-electron chi connectivity index (χ3n) is 3.48. The molecule has 0 saturated carbocycles. The van der Waals surface area contributed by atoms with Gasteiger partial charge in [0.05, 0.1) is 6.42 Å². The number of anilines is 1. The highest BCUT2D eigenvalue weighted by molar-refractivity contribution is 7.19. The molecule has 1 amide bonds. The van der Waals surface area contributed by atoms with Crippen LogP contribution >= 0.6 is 34.5 Å². The topological polar surface area (TPSA) is 59.0 Å². The predicted molar refractivity (Wildman–Crippen MR) is 101 cm³/mol. The molecule has 0 atom stereocenters. The summed E-state index contributed by atoms with van der Waals surface area (Å²) in [6.07, 6.45) is 5.23. The highest BCUT2D eigenvalue weighted by atomic mass is 35.5. The largest absolute Gasteiger partial charge is 0.301 e. The zero-order valence-electron chi connectivity index (χ0n) is 13.3. The molecule has 0 aromatic carbocycles. The number of halogens is 2. The van der Waals surface area contributed by atoms with Crippen molar-refractivity contribution < 1.29 is 4.79 Å². The van der Waals surface area contributed by atoms with Gasteiger partial charge in [-0.3, -0.25) is 9.78 Å². The Kier molecular flexibility index (Phi) is 5.63. The average Bonchev–Trinajstić information content (AvgIpc) is 3.00. The molecule has 8 heteroatoms. The summed E-state index contributed by atoms with van der Waals surface area (Å²) in [5, 5.41) is 2.07. The second-order valence-corrected chi connectivity index (χ2v) is 6.88. The highest BCUT2D eigenvalue weighted by Crippen LogP contribution is 2.37. The first-order chi connectivity index (χ1) is 12.1. The van der Waals surface area contributed by atoms with Crippen LogP contribution in [0.2, 0.25) is 10.3 Å². The van der Waals surface area contributed by atoms with Gasteiger partial charge in [0.2, 0.25) is 5.91 Å². The highest BCUT2D eigenvalue weighted by Gasteiger charge is 2.22. The fourth-order valence-corrected chi connectivity index (χ4v) is 3.78. The first-order valence-electron chi connectivity index (χ1n) is 7.56. The van der Waals surface area contributed by atoms with E-state index in [1.807, 2.05) is 19.1 Å². The van der Waals surface area contributed by atoms with Gasteiger partial charge in [0, 0.05) is 30.7 Å². The van der Waals surface area contributed by atoms with Gasteiger partial charge in [-0.2, -0.15) is 0 Å². The lowest BCUT2D eigenvalue weighted by molar-refractivity contribution is -0.117. The van der Waals surface area contributed by atoms with E-state index in [1.165, 1.54) is 11.3 Å². The molecule has 5 nitrogen and oxygen atoms in total. The van der Waals surface area contributed by atoms with Crippen LogP contribution in [0.5, 0.6) is 0 Å². The second-order valence-electron chi connectivity index (χ2n) is 5.16. The van der Waals surface area contributed by atoms with Crippen LogP contribution in [0, 0.1) is 0 Å². The van der Waals surface area contributed by atoms with Crippen LogP contribution in [0.4, 0.5) is 5.00 Å². The minimum atomic E-state index is -0.0742. The first kappa shape index (κ1) is 17.8. The number of pyridine rings is 2. The number of thiazole rings is 1. The van der Waals surface area contributed by atoms with Crippen LogP contribution in [0.25, 0.3) is 10.6 Å². The average molecular weight is 393 g/mol. The van der Waals surface area contributed by atoms with Gasteiger partial charge in [-0.15, -0.1) is 0 Å². The Bertz CT molecular complexity index is 868. The van der Waals surface area contributed by atoms with Crippen LogP contribution in [0.3, 0.4) is 0 Å². The summed E-state index contributed by atoms with van der Waals surface area (Å²) >= 11 is 13.4. The van der Waals surface area contributed by atoms with E-state index < -0.39 is 0 Å². The third-order valence-corrected chi connectivity index (χ3v) is 5.21. The van der Waals surface area contributed by atoms with Crippen molar-refractivity contribution in [3.63, 3.8) is 0 Å². The number of nitrogens with zero attached hydrogens (tertiary/aromatic N) is 4. The van der Waals surface area contributed by atoms with E-state index in [1.54, 1.807) is 35.6 Å². The number of carbonyl (C=O) groups excluding carboxylic acids is 1. The lowest BCUT2D eigenvalue weighted by Crippen LogP contribution is -2.31. The molecule has 0 bridgehead atoms. The van der Waals surface area contributed by atoms with Crippen molar-refractivity contribution in [2.24, 2.45) is 0 Å². The summed E-state index contributed by atoms with van der Waals surface area (Å²) in [6, 6.07) is 7.20. The molecule has 128 valence electrons. The summed E-state index contributed by atoms with van der Waals surface area (Å²) in [7, 11) is 0. The van der Waals surface area contributed by atoms with E-state index in [-0.39, 0.29) is 12.3 Å². The van der Waals surface area contributed by atoms with Gasteiger partial charge in [-0.25, -0.2) is 9.97 Å². The molecule has 0 aliphatic rings. The Morgan fingerprint density at radius 3 is 2.72 bits per heavy atom. The van der Waals surface area contributed by atoms with Gasteiger partial charge in [0.25, 0.3) is 0 Å². The van der Waals surface area contributed by atoms with E-state index >= 15 is 0 Å². The van der Waals surface area contributed by atoms with Crippen molar-refractivity contribution in [3.8, 4) is 10.6 Å². The van der Waals surface area contributed by atoms with Crippen molar-refractivity contribution in [3.05, 3.63) is 58.7 Å². The predicted octanol–water partition coefficient (Wildman–Crippen LogP) is 4.50. The number of amides is 1. The summed E-state index contributed by atoms with van der Waals surface area (Å²) in [6.45, 7) is 2.39. The maximum absolute atomic E-state index is 12.7. The maximum Gasteiger partial charge on any atom is 0.232 e. The lowest BCUT2D eigenvalue weighted by atomic mass is 10.2. The number of aromatic nitrogens is 3. The molecular weight excluding hydrogens is 379 g/mol. The number of rotatable bonds is 5. The van der Waals surface area contributed by atoms with Crippen molar-refractivity contribution >= 4 is 45.4 Å². The SMILES string of the molecule is CCN(C(=O)Cc1ccc(Cl)nc1)c1sc(-c2cccnc2)nc1Cl. The smallest absolute Gasteiger partial charge is 0.232 e. The Morgan fingerprint density at radius 2 is 2.08 bits per heavy atom. The third kappa shape index (κ3) is 4.15. The van der Waals surface area contributed by atoms with Crippen molar-refractivity contribution in [1.82, 2.24) is 15.0 Å². The van der Waals surface area contributed by atoms with E-state index in [4.69, 9.17) is 23.2 Å². The Balaban J connectivity index is 1.84. The Hall–Kier alpha value is -2.02. The lowest BCUT2D eigenvalue weighted by Gasteiger charge is -2.19. The van der Waals surface area contributed by atoms with Crippen LogP contribution in [0.1, 0.15) is 12.5 Å². The second kappa shape index (κ2) is 7.91. The van der Waals surface area contributed by atoms with Crippen molar-refractivity contribution in [1.29, 1.82) is 0 Å². The maximum atomic E-state index is 12.7. The van der Waals surface area contributed by atoms with Crippen LogP contribution in [-0.4, -0.2) is 27.4 Å². The Labute approximate surface area is 159 Å². The molecule has 0 saturated heterocycles. The van der Waals surface area contributed by atoms with Crippen LogP contribution in [0.15, 0.2) is 42.9 Å². The summed E-state index contributed by atoms with van der Waals surface area (Å²) in [5.41, 5.74) is 1.66. The number of likely N-dealkylation sites (N-methyl/N-ethyl adjacent to an activating group) is 1. The summed E-state index contributed by atoms with van der Waals surface area (Å²) < 4.78 is 0. The molecule has 3 aromatic rings. The van der Waals surface area contributed by atoms with Crippen LogP contribution in [-0.2, 0) is 11.2 Å². The minimum Gasteiger partial charge on any atom is -0.301 e. The van der Waals surface area contributed by atoms with Gasteiger partial charge >= 0.3 is 0 Å². The van der Waals surface area contributed by atoms with Crippen molar-refractivity contribution in [2.45, 2.75) is 13.3 Å². The molecule has 0 spiro atoms. The monoisotopic (exact) mass is 392 g/mol. The van der Waals surface area contributed by atoms with E-state index in [0.29, 0.717) is 21.9 Å². The van der Waals surface area contributed by atoms with Crippen molar-refractivity contribution in [2.75, 3.05) is 11.4 Å². The molecule has 0 fully saturated rings. The quantitative estimate of drug-likeness (QED) is 0.599. The molecule has 25 heavy (non-hydrogen) atoms. The van der Waals surface area contributed by atoms with Gasteiger partial charge in [-0.05, 0) is 30.7 Å². The van der Waals surface area contributed by atoms with Crippen LogP contribution < -0.4 is 4.90 Å². The zero-order valence-corrected chi connectivity index (χ0v) is 15.6. The molecule has 0 aliphatic carbocycles. The fraction of sp³-hybridized carbons (Fsp3) is 0.176. The molecule has 0 N–H and O–H groups in total.